The van der Waals surface area contributed by atoms with Crippen molar-refractivity contribution in [3.63, 3.8) is 0 Å². The molecule has 0 saturated carbocycles. The van der Waals surface area contributed by atoms with Gasteiger partial charge in [0.15, 0.2) is 0 Å². The molecular weight excluding hydrogens is 317 g/mol. The standard InChI is InChI=1S/C13H7BrFNOS/c14-10-7-8(15)5-6-11(10)16-13(17)9-3-1-2-4-12(9)18-16/h1-7H. The van der Waals surface area contributed by atoms with Gasteiger partial charge in [0, 0.05) is 4.47 Å². The first kappa shape index (κ1) is 11.6. The van der Waals surface area contributed by atoms with E-state index in [1.54, 1.807) is 16.1 Å². The van der Waals surface area contributed by atoms with Crippen LogP contribution in [0.15, 0.2) is 51.7 Å². The van der Waals surface area contributed by atoms with Crippen molar-refractivity contribution in [2.75, 3.05) is 0 Å². The third-order valence-corrected chi connectivity index (χ3v) is 4.35. The van der Waals surface area contributed by atoms with E-state index in [0.717, 1.165) is 4.70 Å². The molecule has 0 unspecified atom stereocenters. The van der Waals surface area contributed by atoms with Crippen LogP contribution in [0.25, 0.3) is 15.8 Å². The second-order valence-corrected chi connectivity index (χ2v) is 5.62. The van der Waals surface area contributed by atoms with Crippen molar-refractivity contribution in [1.29, 1.82) is 0 Å². The molecule has 0 N–H and O–H groups in total. The van der Waals surface area contributed by atoms with Crippen molar-refractivity contribution in [3.8, 4) is 5.69 Å². The van der Waals surface area contributed by atoms with Crippen LogP contribution in [0.4, 0.5) is 4.39 Å². The fourth-order valence-corrected chi connectivity index (χ4v) is 3.45. The van der Waals surface area contributed by atoms with Crippen LogP contribution in [-0.2, 0) is 0 Å². The van der Waals surface area contributed by atoms with E-state index in [0.29, 0.717) is 15.5 Å². The van der Waals surface area contributed by atoms with Crippen LogP contribution in [0.2, 0.25) is 0 Å². The van der Waals surface area contributed by atoms with Gasteiger partial charge in [-0.2, -0.15) is 0 Å². The first-order valence-electron chi connectivity index (χ1n) is 5.23. The van der Waals surface area contributed by atoms with E-state index in [-0.39, 0.29) is 11.4 Å². The number of aromatic nitrogens is 1. The summed E-state index contributed by atoms with van der Waals surface area (Å²) in [6.07, 6.45) is 0. The third-order valence-electron chi connectivity index (χ3n) is 2.62. The first-order chi connectivity index (χ1) is 8.66. The topological polar surface area (TPSA) is 22.0 Å². The molecule has 0 radical (unpaired) electrons. The maximum atomic E-state index is 13.1. The van der Waals surface area contributed by atoms with Crippen LogP contribution in [0.3, 0.4) is 0 Å². The molecule has 0 spiro atoms. The molecule has 2 aromatic carbocycles. The molecule has 2 nitrogen and oxygen atoms in total. The molecule has 0 aliphatic rings. The van der Waals surface area contributed by atoms with Gasteiger partial charge < -0.3 is 0 Å². The molecule has 0 amide bonds. The molecule has 18 heavy (non-hydrogen) atoms. The summed E-state index contributed by atoms with van der Waals surface area (Å²) in [7, 11) is 0. The van der Waals surface area contributed by atoms with E-state index in [1.807, 2.05) is 18.2 Å². The van der Waals surface area contributed by atoms with E-state index >= 15 is 0 Å². The average Bonchev–Trinajstić information content (AvgIpc) is 2.68. The number of fused-ring (bicyclic) bond motifs is 1. The average molecular weight is 324 g/mol. The van der Waals surface area contributed by atoms with E-state index < -0.39 is 0 Å². The lowest BCUT2D eigenvalue weighted by atomic mass is 10.3. The van der Waals surface area contributed by atoms with Crippen LogP contribution >= 0.6 is 27.5 Å². The van der Waals surface area contributed by atoms with Gasteiger partial charge in [-0.1, -0.05) is 23.7 Å². The molecular formula is C13H7BrFNOS. The summed E-state index contributed by atoms with van der Waals surface area (Å²) in [6, 6.07) is 11.7. The second kappa shape index (κ2) is 4.33. The molecule has 0 aliphatic heterocycles. The number of rotatable bonds is 1. The zero-order valence-electron chi connectivity index (χ0n) is 9.06. The summed E-state index contributed by atoms with van der Waals surface area (Å²) in [5.41, 5.74) is 0.575. The summed E-state index contributed by atoms with van der Waals surface area (Å²) in [6.45, 7) is 0. The Kier molecular flexibility index (Phi) is 2.80. The first-order valence-corrected chi connectivity index (χ1v) is 6.80. The van der Waals surface area contributed by atoms with E-state index in [9.17, 15) is 9.18 Å². The van der Waals surface area contributed by atoms with Gasteiger partial charge >= 0.3 is 0 Å². The number of nitrogens with zero attached hydrogens (tertiary/aromatic N) is 1. The van der Waals surface area contributed by atoms with Gasteiger partial charge in [0.05, 0.1) is 15.8 Å². The van der Waals surface area contributed by atoms with Crippen LogP contribution in [0, 0.1) is 5.82 Å². The second-order valence-electron chi connectivity index (χ2n) is 3.78. The Morgan fingerprint density at radius 2 is 1.94 bits per heavy atom. The van der Waals surface area contributed by atoms with Crippen molar-refractivity contribution < 1.29 is 4.39 Å². The van der Waals surface area contributed by atoms with Gasteiger partial charge in [-0.15, -0.1) is 0 Å². The zero-order valence-corrected chi connectivity index (χ0v) is 11.5. The van der Waals surface area contributed by atoms with Gasteiger partial charge in [-0.05, 0) is 46.3 Å². The molecule has 0 saturated heterocycles. The number of halogens is 2. The maximum Gasteiger partial charge on any atom is 0.273 e. The molecule has 0 atom stereocenters. The molecule has 3 rings (SSSR count). The number of benzene rings is 2. The zero-order chi connectivity index (χ0) is 12.7. The quantitative estimate of drug-likeness (QED) is 0.664. The number of hydrogen-bond acceptors (Lipinski definition) is 2. The minimum atomic E-state index is -0.334. The molecule has 0 fully saturated rings. The normalized spacial score (nSPS) is 11.0. The highest BCUT2D eigenvalue weighted by molar-refractivity contribution is 9.10. The van der Waals surface area contributed by atoms with Crippen LogP contribution in [-0.4, -0.2) is 3.96 Å². The minimum absolute atomic E-state index is 0.0806. The van der Waals surface area contributed by atoms with Gasteiger partial charge in [0.25, 0.3) is 5.56 Å². The fourth-order valence-electron chi connectivity index (χ4n) is 1.78. The van der Waals surface area contributed by atoms with Gasteiger partial charge in [0.1, 0.15) is 5.82 Å². The highest BCUT2D eigenvalue weighted by Crippen LogP contribution is 2.25. The van der Waals surface area contributed by atoms with Gasteiger partial charge in [-0.25, -0.2) is 8.35 Å². The van der Waals surface area contributed by atoms with Crippen molar-refractivity contribution in [2.24, 2.45) is 0 Å². The van der Waals surface area contributed by atoms with Crippen molar-refractivity contribution in [3.05, 3.63) is 63.1 Å². The minimum Gasteiger partial charge on any atom is -0.267 e. The van der Waals surface area contributed by atoms with Crippen molar-refractivity contribution in [2.45, 2.75) is 0 Å². The number of hydrogen-bond donors (Lipinski definition) is 0. The van der Waals surface area contributed by atoms with Crippen LogP contribution in [0.5, 0.6) is 0 Å². The Bertz CT molecular complexity index is 793. The molecule has 1 aromatic heterocycles. The van der Waals surface area contributed by atoms with Crippen LogP contribution in [0.1, 0.15) is 0 Å². The van der Waals surface area contributed by atoms with E-state index in [4.69, 9.17) is 0 Å². The molecule has 3 aromatic rings. The summed E-state index contributed by atoms with van der Waals surface area (Å²) in [4.78, 5) is 12.2. The van der Waals surface area contributed by atoms with Crippen molar-refractivity contribution in [1.82, 2.24) is 3.96 Å². The Morgan fingerprint density at radius 3 is 2.67 bits per heavy atom. The molecule has 90 valence electrons. The summed E-state index contributed by atoms with van der Waals surface area (Å²) in [5, 5.41) is 0.679. The lowest BCUT2D eigenvalue weighted by Gasteiger charge is -2.03. The van der Waals surface area contributed by atoms with Crippen molar-refractivity contribution >= 4 is 37.5 Å². The maximum absolute atomic E-state index is 13.1. The molecule has 1 heterocycles. The molecule has 5 heteroatoms. The van der Waals surface area contributed by atoms with Gasteiger partial charge in [0.2, 0.25) is 0 Å². The summed E-state index contributed by atoms with van der Waals surface area (Å²) in [5.74, 6) is -0.334. The van der Waals surface area contributed by atoms with E-state index in [1.165, 1.54) is 23.7 Å². The highest BCUT2D eigenvalue weighted by atomic mass is 79.9. The Labute approximate surface area is 115 Å². The lowest BCUT2D eigenvalue weighted by Crippen LogP contribution is -2.11. The lowest BCUT2D eigenvalue weighted by molar-refractivity contribution is 0.626. The Morgan fingerprint density at radius 1 is 1.17 bits per heavy atom. The smallest absolute Gasteiger partial charge is 0.267 e. The predicted octanol–water partition coefficient (Wildman–Crippen LogP) is 3.95. The third kappa shape index (κ3) is 1.79. The SMILES string of the molecule is O=c1c2ccccc2sn1-c1ccc(F)cc1Br. The van der Waals surface area contributed by atoms with E-state index in [2.05, 4.69) is 15.9 Å². The Balaban J connectivity index is 2.32. The molecule has 0 bridgehead atoms. The molecule has 0 aliphatic carbocycles. The predicted molar refractivity (Wildman–Crippen MR) is 75.1 cm³/mol. The van der Waals surface area contributed by atoms with Gasteiger partial charge in [-0.3, -0.25) is 4.79 Å². The monoisotopic (exact) mass is 323 g/mol. The summed E-state index contributed by atoms with van der Waals surface area (Å²) < 4.78 is 16.1. The van der Waals surface area contributed by atoms with Crippen LogP contribution < -0.4 is 5.56 Å². The Hall–Kier alpha value is -1.46. The fraction of sp³-hybridized carbons (Fsp3) is 0. The largest absolute Gasteiger partial charge is 0.273 e. The summed E-state index contributed by atoms with van der Waals surface area (Å²) >= 11 is 4.63. The highest BCUT2D eigenvalue weighted by Gasteiger charge is 2.11.